The summed E-state index contributed by atoms with van der Waals surface area (Å²) < 4.78 is 5.87. The summed E-state index contributed by atoms with van der Waals surface area (Å²) in [6, 6.07) is 4.49. The molecule has 2 unspecified atom stereocenters. The molecule has 0 saturated carbocycles. The molecule has 0 aliphatic carbocycles. The lowest BCUT2D eigenvalue weighted by Crippen LogP contribution is -2.36. The molecule has 2 heterocycles. The maximum absolute atomic E-state index is 5.87. The van der Waals surface area contributed by atoms with Gasteiger partial charge in [-0.1, -0.05) is 6.92 Å². The van der Waals surface area contributed by atoms with E-state index in [1.807, 2.05) is 6.07 Å². The highest BCUT2D eigenvalue weighted by molar-refractivity contribution is 5.32. The van der Waals surface area contributed by atoms with Crippen molar-refractivity contribution in [2.75, 3.05) is 18.9 Å². The molecule has 1 aliphatic rings. The van der Waals surface area contributed by atoms with Gasteiger partial charge in [-0.15, -0.1) is 0 Å². The number of nitrogens with two attached hydrogens (primary N) is 1. The maximum atomic E-state index is 5.87. The number of pyridine rings is 1. The van der Waals surface area contributed by atoms with E-state index < -0.39 is 0 Å². The van der Waals surface area contributed by atoms with E-state index in [0.29, 0.717) is 18.0 Å². The Morgan fingerprint density at radius 2 is 2.40 bits per heavy atom. The van der Waals surface area contributed by atoms with Crippen LogP contribution in [0.1, 0.15) is 44.6 Å². The zero-order chi connectivity index (χ0) is 14.2. The van der Waals surface area contributed by atoms with Gasteiger partial charge in [0, 0.05) is 18.8 Å². The predicted molar refractivity (Wildman–Crippen MR) is 82.6 cm³/mol. The Morgan fingerprint density at radius 3 is 3.10 bits per heavy atom. The second kappa shape index (κ2) is 8.22. The first-order valence-corrected chi connectivity index (χ1v) is 7.83. The van der Waals surface area contributed by atoms with Crippen molar-refractivity contribution in [3.05, 3.63) is 23.9 Å². The first-order chi connectivity index (χ1) is 9.78. The lowest BCUT2D eigenvalue weighted by Gasteiger charge is -2.27. The highest BCUT2D eigenvalue weighted by atomic mass is 16.5. The first kappa shape index (κ1) is 15.3. The molecule has 1 aromatic rings. The van der Waals surface area contributed by atoms with Gasteiger partial charge in [-0.2, -0.15) is 0 Å². The number of anilines is 1. The molecule has 20 heavy (non-hydrogen) atoms. The smallest absolute Gasteiger partial charge is 0.123 e. The van der Waals surface area contributed by atoms with Crippen molar-refractivity contribution in [3.63, 3.8) is 0 Å². The molecule has 0 amide bonds. The van der Waals surface area contributed by atoms with Crippen LogP contribution in [0.5, 0.6) is 0 Å². The minimum atomic E-state index is 0.414. The number of rotatable bonds is 7. The first-order valence-electron chi connectivity index (χ1n) is 7.83. The van der Waals surface area contributed by atoms with Gasteiger partial charge in [-0.25, -0.2) is 4.98 Å². The van der Waals surface area contributed by atoms with Gasteiger partial charge in [0.1, 0.15) is 5.82 Å². The Balaban J connectivity index is 1.91. The molecule has 0 spiro atoms. The summed E-state index contributed by atoms with van der Waals surface area (Å²) in [4.78, 5) is 4.06. The number of aromatic nitrogens is 1. The monoisotopic (exact) mass is 277 g/mol. The molecule has 2 rings (SSSR count). The maximum Gasteiger partial charge on any atom is 0.123 e. The summed E-state index contributed by atoms with van der Waals surface area (Å²) in [5.74, 6) is 0.602. The zero-order valence-electron chi connectivity index (χ0n) is 12.5. The van der Waals surface area contributed by atoms with Crippen LogP contribution >= 0.6 is 0 Å². The summed E-state index contributed by atoms with van der Waals surface area (Å²) in [5, 5.41) is 3.64. The van der Waals surface area contributed by atoms with Crippen LogP contribution in [0, 0.1) is 0 Å². The molecule has 1 aliphatic heterocycles. The molecule has 0 radical (unpaired) electrons. The third-order valence-electron chi connectivity index (χ3n) is 3.83. The van der Waals surface area contributed by atoms with E-state index >= 15 is 0 Å². The van der Waals surface area contributed by atoms with Crippen molar-refractivity contribution in [2.24, 2.45) is 0 Å². The number of hydrogen-bond acceptors (Lipinski definition) is 4. The van der Waals surface area contributed by atoms with Crippen LogP contribution in [0.15, 0.2) is 18.3 Å². The van der Waals surface area contributed by atoms with E-state index in [2.05, 4.69) is 23.3 Å². The molecular formula is C16H27N3O. The topological polar surface area (TPSA) is 60.2 Å². The minimum absolute atomic E-state index is 0.414. The third kappa shape index (κ3) is 5.10. The second-order valence-electron chi connectivity index (χ2n) is 5.67. The standard InChI is InChI=1S/C16H27N3O/c1-2-7-18-14(12-15-5-3-4-9-20-15)10-13-6-8-19-16(17)11-13/h6,8,11,14-15,18H,2-5,7,9-10,12H2,1H3,(H2,17,19). The summed E-state index contributed by atoms with van der Waals surface area (Å²) in [6.45, 7) is 4.18. The van der Waals surface area contributed by atoms with Gasteiger partial charge in [0.25, 0.3) is 0 Å². The summed E-state index contributed by atoms with van der Waals surface area (Å²) in [5.41, 5.74) is 7.01. The highest BCUT2D eigenvalue weighted by Crippen LogP contribution is 2.19. The lowest BCUT2D eigenvalue weighted by atomic mass is 9.97. The fourth-order valence-corrected chi connectivity index (χ4v) is 2.80. The Hall–Kier alpha value is -1.13. The fourth-order valence-electron chi connectivity index (χ4n) is 2.80. The van der Waals surface area contributed by atoms with Gasteiger partial charge in [0.2, 0.25) is 0 Å². The third-order valence-corrected chi connectivity index (χ3v) is 3.83. The van der Waals surface area contributed by atoms with E-state index in [9.17, 15) is 0 Å². The van der Waals surface area contributed by atoms with Crippen LogP contribution in [-0.2, 0) is 11.2 Å². The summed E-state index contributed by atoms with van der Waals surface area (Å²) in [7, 11) is 0. The van der Waals surface area contributed by atoms with Gasteiger partial charge in [0.05, 0.1) is 6.10 Å². The van der Waals surface area contributed by atoms with E-state index in [1.165, 1.54) is 24.8 Å². The quantitative estimate of drug-likeness (QED) is 0.804. The van der Waals surface area contributed by atoms with Crippen LogP contribution < -0.4 is 11.1 Å². The van der Waals surface area contributed by atoms with Crippen molar-refractivity contribution in [3.8, 4) is 0 Å². The molecule has 0 bridgehead atoms. The normalized spacial score (nSPS) is 20.8. The van der Waals surface area contributed by atoms with Crippen molar-refractivity contribution < 1.29 is 4.74 Å². The minimum Gasteiger partial charge on any atom is -0.384 e. The second-order valence-corrected chi connectivity index (χ2v) is 5.67. The molecule has 4 nitrogen and oxygen atoms in total. The van der Waals surface area contributed by atoms with Crippen molar-refractivity contribution in [2.45, 2.75) is 57.6 Å². The number of hydrogen-bond donors (Lipinski definition) is 2. The Morgan fingerprint density at radius 1 is 1.50 bits per heavy atom. The SMILES string of the molecule is CCCNC(Cc1ccnc(N)c1)CC1CCCCO1. The molecular weight excluding hydrogens is 250 g/mol. The molecule has 0 aromatic carbocycles. The molecule has 3 N–H and O–H groups in total. The Kier molecular flexibility index (Phi) is 6.27. The molecule has 1 aromatic heterocycles. The average Bonchev–Trinajstić information content (AvgIpc) is 2.46. The Bertz CT molecular complexity index is 391. The van der Waals surface area contributed by atoms with Gasteiger partial charge < -0.3 is 15.8 Å². The predicted octanol–water partition coefficient (Wildman–Crippen LogP) is 2.53. The van der Waals surface area contributed by atoms with Crippen LogP contribution in [0.2, 0.25) is 0 Å². The van der Waals surface area contributed by atoms with Crippen molar-refractivity contribution in [1.29, 1.82) is 0 Å². The molecule has 4 heteroatoms. The van der Waals surface area contributed by atoms with Crippen LogP contribution in [0.3, 0.4) is 0 Å². The van der Waals surface area contributed by atoms with Crippen LogP contribution in [0.4, 0.5) is 5.82 Å². The number of nitrogens with zero attached hydrogens (tertiary/aromatic N) is 1. The van der Waals surface area contributed by atoms with Gasteiger partial charge >= 0.3 is 0 Å². The fraction of sp³-hybridized carbons (Fsp3) is 0.688. The summed E-state index contributed by atoms with van der Waals surface area (Å²) >= 11 is 0. The zero-order valence-corrected chi connectivity index (χ0v) is 12.5. The number of nitrogens with one attached hydrogen (secondary N) is 1. The van der Waals surface area contributed by atoms with Crippen LogP contribution in [0.25, 0.3) is 0 Å². The van der Waals surface area contributed by atoms with Gasteiger partial charge in [-0.05, 0) is 62.8 Å². The molecule has 112 valence electrons. The van der Waals surface area contributed by atoms with E-state index in [1.54, 1.807) is 6.20 Å². The van der Waals surface area contributed by atoms with E-state index in [0.717, 1.165) is 32.4 Å². The summed E-state index contributed by atoms with van der Waals surface area (Å²) in [6.07, 6.45) is 9.14. The van der Waals surface area contributed by atoms with Crippen LogP contribution in [-0.4, -0.2) is 30.3 Å². The molecule has 1 fully saturated rings. The van der Waals surface area contributed by atoms with Gasteiger partial charge in [0.15, 0.2) is 0 Å². The van der Waals surface area contributed by atoms with Gasteiger partial charge in [-0.3, -0.25) is 0 Å². The highest BCUT2D eigenvalue weighted by Gasteiger charge is 2.19. The molecule has 2 atom stereocenters. The van der Waals surface area contributed by atoms with E-state index in [4.69, 9.17) is 10.5 Å². The van der Waals surface area contributed by atoms with Crippen molar-refractivity contribution >= 4 is 5.82 Å². The van der Waals surface area contributed by atoms with Crippen molar-refractivity contribution in [1.82, 2.24) is 10.3 Å². The average molecular weight is 277 g/mol. The largest absolute Gasteiger partial charge is 0.384 e. The lowest BCUT2D eigenvalue weighted by molar-refractivity contribution is 0.00526. The number of nitrogen functional groups attached to an aromatic ring is 1. The van der Waals surface area contributed by atoms with E-state index in [-0.39, 0.29) is 0 Å². The molecule has 1 saturated heterocycles. The number of ether oxygens (including phenoxy) is 1. The Labute approximate surface area is 122 Å².